The Morgan fingerprint density at radius 3 is 2.85 bits per heavy atom. The number of aromatic nitrogens is 5. The zero-order chi connectivity index (χ0) is 18.8. The minimum absolute atomic E-state index is 0.145. The van der Waals surface area contributed by atoms with Crippen LogP contribution in [0.4, 0.5) is 16.0 Å². The first-order valence-corrected chi connectivity index (χ1v) is 8.07. The van der Waals surface area contributed by atoms with E-state index in [-0.39, 0.29) is 12.2 Å². The van der Waals surface area contributed by atoms with E-state index < -0.39 is 5.91 Å². The largest absolute Gasteiger partial charge is 0.369 e. The number of hydrogen-bond acceptors (Lipinski definition) is 6. The molecule has 0 saturated carbocycles. The number of anilines is 2. The summed E-state index contributed by atoms with van der Waals surface area (Å²) < 4.78 is 15.0. The molecule has 2 heterocycles. The standard InChI is InChI=1S/C18H14FN7O/c19-12-4-2-6-14(9-12)26-17-15(24-25-26)10-21-18(23-17)22-13-5-1-3-11(7-13)8-16(20)27/h1-7,9-10H,8H2,(H2,20,27)(H,21,22,23). The number of nitrogens with zero attached hydrogens (tertiary/aromatic N) is 5. The van der Waals surface area contributed by atoms with Gasteiger partial charge in [0.05, 0.1) is 18.3 Å². The van der Waals surface area contributed by atoms with Crippen LogP contribution in [0.1, 0.15) is 5.56 Å². The van der Waals surface area contributed by atoms with Gasteiger partial charge < -0.3 is 11.1 Å². The average molecular weight is 363 g/mol. The number of hydrogen-bond donors (Lipinski definition) is 2. The molecule has 0 fully saturated rings. The summed E-state index contributed by atoms with van der Waals surface area (Å²) in [5, 5.41) is 11.1. The number of carbonyl (C=O) groups is 1. The van der Waals surface area contributed by atoms with E-state index in [0.29, 0.717) is 28.5 Å². The van der Waals surface area contributed by atoms with Gasteiger partial charge in [0.25, 0.3) is 0 Å². The molecular weight excluding hydrogens is 349 g/mol. The number of fused-ring (bicyclic) bond motifs is 1. The lowest BCUT2D eigenvalue weighted by atomic mass is 10.1. The minimum Gasteiger partial charge on any atom is -0.369 e. The van der Waals surface area contributed by atoms with Gasteiger partial charge in [-0.15, -0.1) is 5.10 Å². The quantitative estimate of drug-likeness (QED) is 0.562. The Morgan fingerprint density at radius 2 is 2.04 bits per heavy atom. The van der Waals surface area contributed by atoms with Gasteiger partial charge in [0, 0.05) is 5.69 Å². The summed E-state index contributed by atoms with van der Waals surface area (Å²) in [5.41, 5.74) is 8.14. The predicted molar refractivity (Wildman–Crippen MR) is 97.0 cm³/mol. The molecule has 0 spiro atoms. The van der Waals surface area contributed by atoms with Crippen LogP contribution in [0.2, 0.25) is 0 Å². The van der Waals surface area contributed by atoms with E-state index in [0.717, 1.165) is 5.56 Å². The van der Waals surface area contributed by atoms with Crippen molar-refractivity contribution in [1.29, 1.82) is 0 Å². The van der Waals surface area contributed by atoms with Gasteiger partial charge in [-0.05, 0) is 35.9 Å². The van der Waals surface area contributed by atoms with Crippen LogP contribution in [0, 0.1) is 5.82 Å². The number of nitrogens with two attached hydrogens (primary N) is 1. The normalized spacial score (nSPS) is 10.9. The predicted octanol–water partition coefficient (Wildman–Crippen LogP) is 2.12. The van der Waals surface area contributed by atoms with Crippen LogP contribution < -0.4 is 11.1 Å². The van der Waals surface area contributed by atoms with Crippen molar-refractivity contribution < 1.29 is 9.18 Å². The van der Waals surface area contributed by atoms with Crippen molar-refractivity contribution in [2.45, 2.75) is 6.42 Å². The van der Waals surface area contributed by atoms with Crippen LogP contribution >= 0.6 is 0 Å². The zero-order valence-corrected chi connectivity index (χ0v) is 14.0. The van der Waals surface area contributed by atoms with Crippen LogP contribution in [0.25, 0.3) is 16.9 Å². The Balaban J connectivity index is 1.67. The maximum Gasteiger partial charge on any atom is 0.229 e. The molecular formula is C18H14FN7O. The van der Waals surface area contributed by atoms with E-state index >= 15 is 0 Å². The Labute approximate surface area is 152 Å². The van der Waals surface area contributed by atoms with Crippen LogP contribution in [0.3, 0.4) is 0 Å². The van der Waals surface area contributed by atoms with Crippen LogP contribution in [-0.4, -0.2) is 30.9 Å². The molecule has 134 valence electrons. The van der Waals surface area contributed by atoms with Gasteiger partial charge in [0.2, 0.25) is 11.9 Å². The molecule has 27 heavy (non-hydrogen) atoms. The molecule has 0 saturated heterocycles. The van der Waals surface area contributed by atoms with Crippen LogP contribution in [0.5, 0.6) is 0 Å². The third kappa shape index (κ3) is 3.56. The van der Waals surface area contributed by atoms with Gasteiger partial charge >= 0.3 is 0 Å². The van der Waals surface area contributed by atoms with Gasteiger partial charge in [0.15, 0.2) is 11.2 Å². The van der Waals surface area contributed by atoms with E-state index in [1.165, 1.54) is 23.0 Å². The highest BCUT2D eigenvalue weighted by molar-refractivity contribution is 5.77. The van der Waals surface area contributed by atoms with Gasteiger partial charge in [0.1, 0.15) is 5.82 Å². The van der Waals surface area contributed by atoms with Gasteiger partial charge in [-0.1, -0.05) is 23.4 Å². The molecule has 4 rings (SSSR count). The SMILES string of the molecule is NC(=O)Cc1cccc(Nc2ncc3nnn(-c4cccc(F)c4)c3n2)c1. The molecule has 4 aromatic rings. The lowest BCUT2D eigenvalue weighted by molar-refractivity contribution is -0.117. The lowest BCUT2D eigenvalue weighted by Crippen LogP contribution is -2.13. The molecule has 0 radical (unpaired) electrons. The van der Waals surface area contributed by atoms with Crippen LogP contribution in [0.15, 0.2) is 54.7 Å². The van der Waals surface area contributed by atoms with Gasteiger partial charge in [-0.3, -0.25) is 4.79 Å². The second-order valence-corrected chi connectivity index (χ2v) is 5.85. The molecule has 8 nitrogen and oxygen atoms in total. The monoisotopic (exact) mass is 363 g/mol. The fourth-order valence-electron chi connectivity index (χ4n) is 2.66. The van der Waals surface area contributed by atoms with Crippen molar-refractivity contribution in [3.8, 4) is 5.69 Å². The number of rotatable bonds is 5. The molecule has 0 aliphatic heterocycles. The summed E-state index contributed by atoms with van der Waals surface area (Å²) >= 11 is 0. The van der Waals surface area contributed by atoms with E-state index in [2.05, 4.69) is 25.6 Å². The molecule has 2 aromatic heterocycles. The summed E-state index contributed by atoms with van der Waals surface area (Å²) in [5.74, 6) is -0.469. The van der Waals surface area contributed by atoms with E-state index in [9.17, 15) is 9.18 Å². The summed E-state index contributed by atoms with van der Waals surface area (Å²) in [4.78, 5) is 19.7. The van der Waals surface area contributed by atoms with Crippen molar-refractivity contribution >= 4 is 28.7 Å². The number of carbonyl (C=O) groups excluding carboxylic acids is 1. The fraction of sp³-hybridized carbons (Fsp3) is 0.0556. The molecule has 0 aliphatic rings. The van der Waals surface area contributed by atoms with Gasteiger partial charge in [-0.2, -0.15) is 9.67 Å². The molecule has 0 atom stereocenters. The molecule has 9 heteroatoms. The van der Waals surface area contributed by atoms with E-state index in [4.69, 9.17) is 5.73 Å². The van der Waals surface area contributed by atoms with Crippen LogP contribution in [-0.2, 0) is 11.2 Å². The average Bonchev–Trinajstić information content (AvgIpc) is 3.05. The van der Waals surface area contributed by atoms with Crippen molar-refractivity contribution in [3.05, 3.63) is 66.1 Å². The molecule has 3 N–H and O–H groups in total. The maximum absolute atomic E-state index is 13.5. The number of halogens is 1. The molecule has 1 amide bonds. The summed E-state index contributed by atoms with van der Waals surface area (Å²) in [6.07, 6.45) is 1.67. The first kappa shape index (κ1) is 16.6. The minimum atomic E-state index is -0.408. The van der Waals surface area contributed by atoms with Crippen molar-refractivity contribution in [1.82, 2.24) is 25.0 Å². The third-order valence-electron chi connectivity index (χ3n) is 3.81. The highest BCUT2D eigenvalue weighted by Crippen LogP contribution is 2.19. The summed E-state index contributed by atoms with van der Waals surface area (Å²) in [6, 6.07) is 13.2. The Hall–Kier alpha value is -3.88. The van der Waals surface area contributed by atoms with Crippen molar-refractivity contribution in [3.63, 3.8) is 0 Å². The highest BCUT2D eigenvalue weighted by Gasteiger charge is 2.11. The lowest BCUT2D eigenvalue weighted by Gasteiger charge is -2.07. The van der Waals surface area contributed by atoms with E-state index in [1.54, 1.807) is 24.3 Å². The highest BCUT2D eigenvalue weighted by atomic mass is 19.1. The fourth-order valence-corrected chi connectivity index (χ4v) is 2.66. The topological polar surface area (TPSA) is 112 Å². The van der Waals surface area contributed by atoms with Crippen molar-refractivity contribution in [2.75, 3.05) is 5.32 Å². The van der Waals surface area contributed by atoms with E-state index in [1.807, 2.05) is 12.1 Å². The van der Waals surface area contributed by atoms with Crippen molar-refractivity contribution in [2.24, 2.45) is 5.73 Å². The smallest absolute Gasteiger partial charge is 0.229 e. The molecule has 0 aliphatic carbocycles. The number of primary amides is 1. The second-order valence-electron chi connectivity index (χ2n) is 5.85. The molecule has 2 aromatic carbocycles. The summed E-state index contributed by atoms with van der Waals surface area (Å²) in [6.45, 7) is 0. The molecule has 0 unspecified atom stereocenters. The Morgan fingerprint density at radius 1 is 1.19 bits per heavy atom. The van der Waals surface area contributed by atoms with Gasteiger partial charge in [-0.25, -0.2) is 9.37 Å². The first-order chi connectivity index (χ1) is 13.1. The first-order valence-electron chi connectivity index (χ1n) is 8.07. The number of nitrogens with one attached hydrogen (secondary N) is 1. The number of amides is 1. The molecule has 0 bridgehead atoms. The second kappa shape index (κ2) is 6.79. The summed E-state index contributed by atoms with van der Waals surface area (Å²) in [7, 11) is 0. The third-order valence-corrected chi connectivity index (χ3v) is 3.81. The maximum atomic E-state index is 13.5. The Kier molecular flexibility index (Phi) is 4.17. The Bertz CT molecular complexity index is 1140. The number of benzene rings is 2. The zero-order valence-electron chi connectivity index (χ0n) is 14.0.